The van der Waals surface area contributed by atoms with Crippen LogP contribution in [0.3, 0.4) is 0 Å². The molecule has 1 aromatic heterocycles. The number of amides is 2. The summed E-state index contributed by atoms with van der Waals surface area (Å²) in [7, 11) is 3.75. The minimum Gasteiger partial charge on any atom is -0.444 e. The molecule has 54 heavy (non-hydrogen) atoms. The lowest BCUT2D eigenvalue weighted by Gasteiger charge is -2.36. The average molecular weight is 742 g/mol. The molecule has 1 saturated heterocycles. The Kier molecular flexibility index (Phi) is 12.9. The van der Waals surface area contributed by atoms with Crippen LogP contribution in [0.5, 0.6) is 0 Å². The second-order valence-corrected chi connectivity index (χ2v) is 17.2. The lowest BCUT2D eigenvalue weighted by Crippen LogP contribution is -2.49. The van der Waals surface area contributed by atoms with Crippen LogP contribution >= 0.6 is 0 Å². The summed E-state index contributed by atoms with van der Waals surface area (Å²) in [5.74, 6) is 0.104. The lowest BCUT2D eigenvalue weighted by atomic mass is 9.89. The Hall–Kier alpha value is -4.27. The van der Waals surface area contributed by atoms with Crippen molar-refractivity contribution in [1.29, 1.82) is 0 Å². The van der Waals surface area contributed by atoms with Gasteiger partial charge in [-0.2, -0.15) is 0 Å². The van der Waals surface area contributed by atoms with E-state index in [-0.39, 0.29) is 36.3 Å². The fourth-order valence-corrected chi connectivity index (χ4v) is 8.33. The summed E-state index contributed by atoms with van der Waals surface area (Å²) in [6.45, 7) is 23.2. The van der Waals surface area contributed by atoms with Crippen LogP contribution in [-0.4, -0.2) is 77.8 Å². The Morgan fingerprint density at radius 2 is 1.83 bits per heavy atom. The lowest BCUT2D eigenvalue weighted by molar-refractivity contribution is -0.122. The van der Waals surface area contributed by atoms with Gasteiger partial charge in [0.2, 0.25) is 5.91 Å². The molecule has 2 amide bonds. The molecule has 8 nitrogen and oxygen atoms in total. The number of ether oxygens (including phenoxy) is 1. The first-order valence-corrected chi connectivity index (χ1v) is 20.0. The minimum atomic E-state index is -0.650. The molecular formula is C45H64FN5O3. The van der Waals surface area contributed by atoms with Crippen LogP contribution in [0.25, 0.3) is 22.6 Å². The van der Waals surface area contributed by atoms with Crippen LogP contribution in [0, 0.1) is 24.6 Å². The molecule has 0 saturated carbocycles. The number of halogens is 1. The maximum absolute atomic E-state index is 15.1. The topological polar surface area (TPSA) is 70.0 Å². The van der Waals surface area contributed by atoms with Gasteiger partial charge in [0.25, 0.3) is 0 Å². The molecule has 3 atom stereocenters. The van der Waals surface area contributed by atoms with Crippen molar-refractivity contribution in [2.24, 2.45) is 11.8 Å². The number of allylic oxidation sites excluding steroid dienone is 1. The molecule has 2 unspecified atom stereocenters. The largest absolute Gasteiger partial charge is 0.444 e. The van der Waals surface area contributed by atoms with Gasteiger partial charge in [-0.25, -0.2) is 9.18 Å². The molecule has 9 heteroatoms. The number of aromatic nitrogens is 1. The maximum Gasteiger partial charge on any atom is 0.410 e. The first-order chi connectivity index (χ1) is 25.5. The predicted molar refractivity (Wildman–Crippen MR) is 221 cm³/mol. The molecule has 3 heterocycles. The number of likely N-dealkylation sites (N-methyl/N-ethyl adjacent to an activating group) is 2. The van der Waals surface area contributed by atoms with E-state index in [1.807, 2.05) is 6.07 Å². The van der Waals surface area contributed by atoms with Crippen molar-refractivity contribution in [1.82, 2.24) is 19.7 Å². The number of hydrogen-bond acceptors (Lipinski definition) is 5. The Morgan fingerprint density at radius 1 is 1.09 bits per heavy atom. The normalized spacial score (nSPS) is 18.2. The predicted octanol–water partition coefficient (Wildman–Crippen LogP) is 9.43. The monoisotopic (exact) mass is 741 g/mol. The van der Waals surface area contributed by atoms with Gasteiger partial charge in [-0.05, 0) is 112 Å². The maximum atomic E-state index is 15.1. The SMILES string of the molecule is C=C(C(NC(=O)CN(C)C(=O)OC(C)(C)C)C(C)C)N1CCC[C@H]1Cc1c2n(c3cc(F)ccc13)CCN(C)c1cc(C)ccc1/C(CC(C)CCC)=C/2. The molecule has 0 spiro atoms. The summed E-state index contributed by atoms with van der Waals surface area (Å²) < 4.78 is 22.9. The van der Waals surface area contributed by atoms with Crippen LogP contribution < -0.4 is 10.2 Å². The third-order valence-corrected chi connectivity index (χ3v) is 11.0. The van der Waals surface area contributed by atoms with Gasteiger partial charge < -0.3 is 29.3 Å². The van der Waals surface area contributed by atoms with Crippen molar-refractivity contribution in [2.45, 2.75) is 118 Å². The molecule has 2 aliphatic rings. The standard InChI is InChI=1S/C45H64FN5O3/c1-12-14-30(4)23-33-25-40-38(37-19-17-34(46)26-41(37)51(40)22-21-48(10)39-24-31(5)16-18-36(33)39)27-35-15-13-20-50(35)32(6)43(29(2)3)47-42(52)28-49(11)44(53)54-45(7,8)9/h16-19,24-26,29-30,35,43H,6,12-15,20-23,27-28H2,1-5,7-11H3,(H,47,52)/b33-25+/t30?,35-,43?/m0/s1. The van der Waals surface area contributed by atoms with Crippen LogP contribution in [0.1, 0.15) is 103 Å². The molecule has 1 fully saturated rings. The number of benzene rings is 2. The van der Waals surface area contributed by atoms with E-state index in [4.69, 9.17) is 4.74 Å². The first-order valence-electron chi connectivity index (χ1n) is 20.0. The summed E-state index contributed by atoms with van der Waals surface area (Å²) in [5, 5.41) is 4.28. The molecule has 0 radical (unpaired) electrons. The number of carbonyl (C=O) groups excluding carboxylic acids is 2. The van der Waals surface area contributed by atoms with Gasteiger partial charge in [0.1, 0.15) is 18.0 Å². The highest BCUT2D eigenvalue weighted by Gasteiger charge is 2.34. The van der Waals surface area contributed by atoms with Gasteiger partial charge in [-0.3, -0.25) is 4.79 Å². The zero-order valence-electron chi connectivity index (χ0n) is 34.5. The van der Waals surface area contributed by atoms with Crippen LogP contribution in [0.15, 0.2) is 48.7 Å². The van der Waals surface area contributed by atoms with Gasteiger partial charge in [0.05, 0.1) is 11.6 Å². The van der Waals surface area contributed by atoms with Crippen LogP contribution in [0.4, 0.5) is 14.9 Å². The fraction of sp³-hybridized carbons (Fsp3) is 0.556. The summed E-state index contributed by atoms with van der Waals surface area (Å²) in [6, 6.07) is 11.9. The van der Waals surface area contributed by atoms with E-state index in [2.05, 4.69) is 92.2 Å². The second kappa shape index (κ2) is 17.0. The van der Waals surface area contributed by atoms with Crippen molar-refractivity contribution in [3.8, 4) is 0 Å². The zero-order valence-corrected chi connectivity index (χ0v) is 34.5. The summed E-state index contributed by atoms with van der Waals surface area (Å²) in [4.78, 5) is 32.0. The van der Waals surface area contributed by atoms with E-state index in [0.29, 0.717) is 5.92 Å². The Morgan fingerprint density at radius 3 is 2.52 bits per heavy atom. The number of hydrogen-bond donors (Lipinski definition) is 1. The Labute approximate surface area is 323 Å². The third kappa shape index (κ3) is 9.50. The minimum absolute atomic E-state index is 0.0767. The van der Waals surface area contributed by atoms with E-state index in [9.17, 15) is 9.59 Å². The summed E-state index contributed by atoms with van der Waals surface area (Å²) >= 11 is 0. The molecule has 2 aromatic carbocycles. The van der Waals surface area contributed by atoms with Crippen molar-refractivity contribution in [3.63, 3.8) is 0 Å². The van der Waals surface area contributed by atoms with E-state index in [1.165, 1.54) is 32.9 Å². The van der Waals surface area contributed by atoms with Crippen molar-refractivity contribution < 1.29 is 18.7 Å². The molecule has 5 rings (SSSR count). The van der Waals surface area contributed by atoms with Gasteiger partial charge in [0, 0.05) is 67.8 Å². The van der Waals surface area contributed by atoms with E-state index in [1.54, 1.807) is 40.0 Å². The molecule has 2 aliphatic heterocycles. The number of aryl methyl sites for hydroxylation is 1. The number of carbonyl (C=O) groups is 2. The molecule has 0 aliphatic carbocycles. The van der Waals surface area contributed by atoms with E-state index < -0.39 is 11.7 Å². The smallest absolute Gasteiger partial charge is 0.410 e. The molecular weight excluding hydrogens is 678 g/mol. The van der Waals surface area contributed by atoms with E-state index in [0.717, 1.165) is 80.5 Å². The second-order valence-electron chi connectivity index (χ2n) is 17.2. The van der Waals surface area contributed by atoms with Crippen molar-refractivity contribution >= 4 is 40.2 Å². The number of nitrogens with one attached hydrogen (secondary N) is 1. The molecule has 1 N–H and O–H groups in total. The first kappa shape index (κ1) is 40.9. The zero-order chi connectivity index (χ0) is 39.5. The van der Waals surface area contributed by atoms with Crippen molar-refractivity contribution in [2.75, 3.05) is 38.6 Å². The van der Waals surface area contributed by atoms with Gasteiger partial charge in [-0.15, -0.1) is 0 Å². The highest BCUT2D eigenvalue weighted by molar-refractivity contribution is 5.94. The highest BCUT2D eigenvalue weighted by atomic mass is 19.1. The van der Waals surface area contributed by atoms with Crippen LogP contribution in [-0.2, 0) is 22.5 Å². The quantitative estimate of drug-likeness (QED) is 0.200. The van der Waals surface area contributed by atoms with Gasteiger partial charge in [-0.1, -0.05) is 59.2 Å². The number of likely N-dealkylation sites (tertiary alicyclic amines) is 1. The Balaban J connectivity index is 1.51. The van der Waals surface area contributed by atoms with Gasteiger partial charge in [0.15, 0.2) is 0 Å². The van der Waals surface area contributed by atoms with Crippen molar-refractivity contribution in [3.05, 3.63) is 76.9 Å². The highest BCUT2D eigenvalue weighted by Crippen LogP contribution is 2.40. The summed E-state index contributed by atoms with van der Waals surface area (Å²) in [5.41, 5.74) is 8.62. The average Bonchev–Trinajstić information content (AvgIpc) is 3.67. The fourth-order valence-electron chi connectivity index (χ4n) is 8.33. The molecule has 0 bridgehead atoms. The number of nitrogens with zero attached hydrogens (tertiary/aromatic N) is 4. The van der Waals surface area contributed by atoms with Crippen LogP contribution in [0.2, 0.25) is 0 Å². The summed E-state index contributed by atoms with van der Waals surface area (Å²) in [6.07, 6.45) is 7.90. The number of fused-ring (bicyclic) bond motifs is 4. The molecule has 294 valence electrons. The Bertz CT molecular complexity index is 1870. The van der Waals surface area contributed by atoms with E-state index >= 15 is 4.39 Å². The number of anilines is 1. The number of rotatable bonds is 12. The third-order valence-electron chi connectivity index (χ3n) is 11.0. The van der Waals surface area contributed by atoms with Gasteiger partial charge >= 0.3 is 6.09 Å². The molecule has 3 aromatic rings.